The van der Waals surface area contributed by atoms with Crippen molar-refractivity contribution in [2.45, 2.75) is 52.9 Å². The smallest absolute Gasteiger partial charge is 0.309 e. The Bertz CT molecular complexity index is 330. The average molecular weight is 250 g/mol. The van der Waals surface area contributed by atoms with E-state index in [1.165, 1.54) is 19.3 Å². The first kappa shape index (κ1) is 13.6. The van der Waals surface area contributed by atoms with Crippen LogP contribution in [0.3, 0.4) is 0 Å². The Kier molecular flexibility index (Phi) is 4.47. The number of carbonyl (C=O) groups is 1. The molecule has 18 heavy (non-hydrogen) atoms. The zero-order valence-corrected chi connectivity index (χ0v) is 11.9. The largest absolute Gasteiger partial charge is 0.465 e. The molecule has 0 bridgehead atoms. The van der Waals surface area contributed by atoms with Gasteiger partial charge in [-0.15, -0.1) is 0 Å². The molecule has 2 nitrogen and oxygen atoms in total. The molecule has 1 aliphatic carbocycles. The molecule has 102 valence electrons. The third kappa shape index (κ3) is 3.15. The van der Waals surface area contributed by atoms with Crippen LogP contribution in [0.2, 0.25) is 0 Å². The second kappa shape index (κ2) is 5.90. The van der Waals surface area contributed by atoms with E-state index in [4.69, 9.17) is 4.74 Å². The van der Waals surface area contributed by atoms with E-state index in [1.807, 2.05) is 0 Å². The number of ether oxygens (including phenoxy) is 1. The minimum absolute atomic E-state index is 0.0109. The zero-order valence-electron chi connectivity index (χ0n) is 11.9. The summed E-state index contributed by atoms with van der Waals surface area (Å²) in [6, 6.07) is 0. The molecule has 0 aromatic rings. The maximum Gasteiger partial charge on any atom is 0.309 e. The Hall–Kier alpha value is -0.790. The lowest BCUT2D eigenvalue weighted by atomic mass is 9.73. The fraction of sp³-hybridized carbons (Fsp3) is 0.812. The predicted molar refractivity (Wildman–Crippen MR) is 73.1 cm³/mol. The Balaban J connectivity index is 2.00. The van der Waals surface area contributed by atoms with Gasteiger partial charge in [-0.1, -0.05) is 32.4 Å². The maximum absolute atomic E-state index is 11.5. The standard InChI is InChI=1S/C16H26O2/c1-11(2)15-7-4-12(3)10-14(15)6-5-13-8-9-18-16(13)17/h6,11-13,15H,4-5,7-10H2,1-3H3/b14-6+/t12-,13?,15+/m1/s1. The maximum atomic E-state index is 11.5. The van der Waals surface area contributed by atoms with Crippen LogP contribution in [0.25, 0.3) is 0 Å². The lowest BCUT2D eigenvalue weighted by Gasteiger charge is -2.32. The van der Waals surface area contributed by atoms with E-state index >= 15 is 0 Å². The van der Waals surface area contributed by atoms with E-state index in [2.05, 4.69) is 26.8 Å². The number of cyclic esters (lactones) is 1. The van der Waals surface area contributed by atoms with Crippen LogP contribution in [-0.4, -0.2) is 12.6 Å². The molecule has 0 N–H and O–H groups in total. The van der Waals surface area contributed by atoms with Crippen molar-refractivity contribution >= 4 is 5.97 Å². The van der Waals surface area contributed by atoms with Gasteiger partial charge in [0.05, 0.1) is 12.5 Å². The fourth-order valence-electron chi connectivity index (χ4n) is 3.35. The molecule has 0 amide bonds. The number of rotatable bonds is 3. The Morgan fingerprint density at radius 2 is 2.11 bits per heavy atom. The van der Waals surface area contributed by atoms with Gasteiger partial charge in [0.1, 0.15) is 0 Å². The Labute approximate surface area is 111 Å². The van der Waals surface area contributed by atoms with Crippen molar-refractivity contribution in [3.63, 3.8) is 0 Å². The van der Waals surface area contributed by atoms with Gasteiger partial charge in [0.2, 0.25) is 0 Å². The molecule has 0 aromatic heterocycles. The van der Waals surface area contributed by atoms with Gasteiger partial charge in [0, 0.05) is 0 Å². The SMILES string of the molecule is CC(C)[C@@H]1CC[C@@H](C)C/C1=C\CC1CCOC1=O. The molecule has 0 radical (unpaired) electrons. The molecule has 2 rings (SSSR count). The number of esters is 1. The summed E-state index contributed by atoms with van der Waals surface area (Å²) in [5.41, 5.74) is 1.60. The van der Waals surface area contributed by atoms with Crippen LogP contribution >= 0.6 is 0 Å². The van der Waals surface area contributed by atoms with Gasteiger partial charge in [-0.3, -0.25) is 4.79 Å². The summed E-state index contributed by atoms with van der Waals surface area (Å²) in [7, 11) is 0. The molecule has 1 heterocycles. The van der Waals surface area contributed by atoms with Crippen molar-refractivity contribution in [3.05, 3.63) is 11.6 Å². The topological polar surface area (TPSA) is 26.3 Å². The molecule has 2 heteroatoms. The third-order valence-corrected chi connectivity index (χ3v) is 4.54. The summed E-state index contributed by atoms with van der Waals surface area (Å²) in [4.78, 5) is 11.5. The molecule has 3 atom stereocenters. The van der Waals surface area contributed by atoms with E-state index in [-0.39, 0.29) is 11.9 Å². The molecule has 1 unspecified atom stereocenters. The number of carbonyl (C=O) groups excluding carboxylic acids is 1. The molecular formula is C16H26O2. The van der Waals surface area contributed by atoms with Crippen molar-refractivity contribution < 1.29 is 9.53 Å². The third-order valence-electron chi connectivity index (χ3n) is 4.54. The summed E-state index contributed by atoms with van der Waals surface area (Å²) in [6.07, 6.45) is 8.06. The molecule has 2 aliphatic rings. The van der Waals surface area contributed by atoms with Gasteiger partial charge in [-0.25, -0.2) is 0 Å². The molecule has 1 saturated heterocycles. The first-order valence-electron chi connectivity index (χ1n) is 7.43. The fourth-order valence-corrected chi connectivity index (χ4v) is 3.35. The minimum atomic E-state index is 0.0109. The molecule has 1 aliphatic heterocycles. The van der Waals surface area contributed by atoms with Gasteiger partial charge in [-0.05, 0) is 49.9 Å². The summed E-state index contributed by atoms with van der Waals surface area (Å²) in [5.74, 6) is 2.40. The van der Waals surface area contributed by atoms with Gasteiger partial charge >= 0.3 is 5.97 Å². The highest BCUT2D eigenvalue weighted by Gasteiger charge is 2.28. The van der Waals surface area contributed by atoms with Crippen molar-refractivity contribution in [2.24, 2.45) is 23.7 Å². The second-order valence-corrected chi connectivity index (χ2v) is 6.40. The highest BCUT2D eigenvalue weighted by atomic mass is 16.5. The summed E-state index contributed by atoms with van der Waals surface area (Å²) < 4.78 is 5.03. The lowest BCUT2D eigenvalue weighted by Crippen LogP contribution is -2.20. The molecule has 0 spiro atoms. The van der Waals surface area contributed by atoms with Crippen LogP contribution in [0.4, 0.5) is 0 Å². The predicted octanol–water partition coefficient (Wildman–Crippen LogP) is 3.96. The van der Waals surface area contributed by atoms with E-state index in [1.54, 1.807) is 5.57 Å². The Morgan fingerprint density at radius 3 is 2.72 bits per heavy atom. The molecular weight excluding hydrogens is 224 g/mol. The normalized spacial score (nSPS) is 35.2. The van der Waals surface area contributed by atoms with Crippen molar-refractivity contribution in [2.75, 3.05) is 6.61 Å². The van der Waals surface area contributed by atoms with Crippen LogP contribution < -0.4 is 0 Å². The summed E-state index contributed by atoms with van der Waals surface area (Å²) >= 11 is 0. The summed E-state index contributed by atoms with van der Waals surface area (Å²) in [5, 5.41) is 0. The van der Waals surface area contributed by atoms with Gasteiger partial charge in [-0.2, -0.15) is 0 Å². The number of allylic oxidation sites excluding steroid dienone is 2. The lowest BCUT2D eigenvalue weighted by molar-refractivity contribution is -0.141. The zero-order chi connectivity index (χ0) is 13.1. The van der Waals surface area contributed by atoms with Crippen LogP contribution in [0.1, 0.15) is 52.9 Å². The Morgan fingerprint density at radius 1 is 1.33 bits per heavy atom. The van der Waals surface area contributed by atoms with E-state index in [0.29, 0.717) is 6.61 Å². The van der Waals surface area contributed by atoms with Gasteiger partial charge in [0.15, 0.2) is 0 Å². The van der Waals surface area contributed by atoms with Crippen LogP contribution in [0, 0.1) is 23.7 Å². The highest BCUT2D eigenvalue weighted by molar-refractivity contribution is 5.74. The summed E-state index contributed by atoms with van der Waals surface area (Å²) in [6.45, 7) is 7.60. The minimum Gasteiger partial charge on any atom is -0.465 e. The van der Waals surface area contributed by atoms with Crippen LogP contribution in [0.5, 0.6) is 0 Å². The quantitative estimate of drug-likeness (QED) is 0.560. The molecule has 1 saturated carbocycles. The monoisotopic (exact) mass is 250 g/mol. The van der Waals surface area contributed by atoms with Gasteiger partial charge in [0.25, 0.3) is 0 Å². The van der Waals surface area contributed by atoms with Crippen molar-refractivity contribution in [1.29, 1.82) is 0 Å². The van der Waals surface area contributed by atoms with Crippen LogP contribution in [-0.2, 0) is 9.53 Å². The van der Waals surface area contributed by atoms with Crippen LogP contribution in [0.15, 0.2) is 11.6 Å². The van der Waals surface area contributed by atoms with E-state index < -0.39 is 0 Å². The first-order valence-corrected chi connectivity index (χ1v) is 7.43. The number of hydrogen-bond donors (Lipinski definition) is 0. The average Bonchev–Trinajstić information content (AvgIpc) is 2.72. The van der Waals surface area contributed by atoms with E-state index in [0.717, 1.165) is 30.6 Å². The highest BCUT2D eigenvalue weighted by Crippen LogP contribution is 2.38. The first-order chi connectivity index (χ1) is 8.58. The van der Waals surface area contributed by atoms with Crippen molar-refractivity contribution in [1.82, 2.24) is 0 Å². The van der Waals surface area contributed by atoms with Crippen molar-refractivity contribution in [3.8, 4) is 0 Å². The number of hydrogen-bond acceptors (Lipinski definition) is 2. The molecule has 0 aromatic carbocycles. The van der Waals surface area contributed by atoms with E-state index in [9.17, 15) is 4.79 Å². The molecule has 2 fully saturated rings. The van der Waals surface area contributed by atoms with Gasteiger partial charge < -0.3 is 4.74 Å². The second-order valence-electron chi connectivity index (χ2n) is 6.40.